The van der Waals surface area contributed by atoms with E-state index >= 15 is 0 Å². The van der Waals surface area contributed by atoms with Crippen LogP contribution in [0.4, 0.5) is 11.4 Å². The van der Waals surface area contributed by atoms with Crippen molar-refractivity contribution in [3.63, 3.8) is 0 Å². The number of fused-ring (bicyclic) bond motifs is 1. The number of aromatic nitrogens is 2. The number of likely N-dealkylation sites (N-methyl/N-ethyl adjacent to an activating group) is 1. The largest absolute Gasteiger partial charge is 0.396 e. The molecular weight excluding hydrogens is 278 g/mol. The predicted octanol–water partition coefficient (Wildman–Crippen LogP) is 1.54. The minimum absolute atomic E-state index is 0.0845. The van der Waals surface area contributed by atoms with E-state index in [0.29, 0.717) is 17.9 Å². The molecule has 0 saturated carbocycles. The highest BCUT2D eigenvalue weighted by Crippen LogP contribution is 2.29. The molecule has 1 unspecified atom stereocenters. The van der Waals surface area contributed by atoms with Gasteiger partial charge in [-0.2, -0.15) is 5.10 Å². The average molecular weight is 299 g/mol. The van der Waals surface area contributed by atoms with E-state index in [-0.39, 0.29) is 11.9 Å². The van der Waals surface area contributed by atoms with Gasteiger partial charge in [-0.3, -0.25) is 9.48 Å². The number of benzene rings is 1. The number of carbonyl (C=O) groups excluding carboxylic acids is 1. The molecule has 2 aromatic rings. The number of hydrogen-bond acceptors (Lipinski definition) is 4. The quantitative estimate of drug-likeness (QED) is 0.933. The van der Waals surface area contributed by atoms with Gasteiger partial charge in [0.1, 0.15) is 5.69 Å². The van der Waals surface area contributed by atoms with Crippen LogP contribution in [0.15, 0.2) is 30.5 Å². The molecule has 1 aliphatic heterocycles. The molecule has 2 N–H and O–H groups in total. The van der Waals surface area contributed by atoms with Crippen LogP contribution in [0.3, 0.4) is 0 Å². The molecule has 1 aliphatic rings. The summed E-state index contributed by atoms with van der Waals surface area (Å²) in [5.41, 5.74) is 8.95. The van der Waals surface area contributed by atoms with Crippen molar-refractivity contribution >= 4 is 17.3 Å². The number of nitrogen functional groups attached to an aromatic ring is 1. The second kappa shape index (κ2) is 5.46. The van der Waals surface area contributed by atoms with E-state index in [1.165, 1.54) is 5.56 Å². The van der Waals surface area contributed by atoms with Crippen LogP contribution in [0.25, 0.3) is 0 Å². The summed E-state index contributed by atoms with van der Waals surface area (Å²) < 4.78 is 1.77. The van der Waals surface area contributed by atoms with Crippen LogP contribution in [0.5, 0.6) is 0 Å². The number of anilines is 2. The Balaban J connectivity index is 2.01. The summed E-state index contributed by atoms with van der Waals surface area (Å²) in [6, 6.07) is 8.06. The lowest BCUT2D eigenvalue weighted by atomic mass is 10.1. The lowest BCUT2D eigenvalue weighted by Gasteiger charge is -2.35. The van der Waals surface area contributed by atoms with Crippen molar-refractivity contribution in [2.24, 2.45) is 0 Å². The molecular formula is C16H21N5O. The minimum atomic E-state index is -0.0890. The normalized spacial score (nSPS) is 17.9. The lowest BCUT2D eigenvalue weighted by molar-refractivity contribution is 0.0946. The van der Waals surface area contributed by atoms with Crippen LogP contribution in [-0.4, -0.2) is 47.8 Å². The molecule has 6 nitrogen and oxygen atoms in total. The van der Waals surface area contributed by atoms with E-state index in [4.69, 9.17) is 5.73 Å². The lowest BCUT2D eigenvalue weighted by Crippen LogP contribution is -2.46. The van der Waals surface area contributed by atoms with E-state index in [2.05, 4.69) is 10.00 Å². The summed E-state index contributed by atoms with van der Waals surface area (Å²) in [5.74, 6) is -0.0890. The first-order valence-electron chi connectivity index (χ1n) is 7.33. The van der Waals surface area contributed by atoms with Crippen molar-refractivity contribution in [3.05, 3.63) is 41.7 Å². The van der Waals surface area contributed by atoms with Crippen LogP contribution in [-0.2, 0) is 0 Å². The van der Waals surface area contributed by atoms with Gasteiger partial charge in [0.15, 0.2) is 0 Å². The second-order valence-corrected chi connectivity index (χ2v) is 6.06. The van der Waals surface area contributed by atoms with Gasteiger partial charge in [0, 0.05) is 12.2 Å². The van der Waals surface area contributed by atoms with Gasteiger partial charge in [-0.25, -0.2) is 0 Å². The van der Waals surface area contributed by atoms with Crippen molar-refractivity contribution in [2.45, 2.75) is 13.0 Å². The van der Waals surface area contributed by atoms with Gasteiger partial charge in [0.25, 0.3) is 5.91 Å². The Bertz CT molecular complexity index is 689. The van der Waals surface area contributed by atoms with Crippen LogP contribution in [0, 0.1) is 6.92 Å². The summed E-state index contributed by atoms with van der Waals surface area (Å²) in [6.07, 6.45) is 1.56. The number of aryl methyl sites for hydroxylation is 1. The fourth-order valence-electron chi connectivity index (χ4n) is 2.88. The monoisotopic (exact) mass is 299 g/mol. The van der Waals surface area contributed by atoms with Crippen molar-refractivity contribution in [2.75, 3.05) is 37.8 Å². The number of nitrogens with two attached hydrogens (primary N) is 1. The second-order valence-electron chi connectivity index (χ2n) is 6.06. The first-order chi connectivity index (χ1) is 10.5. The maximum atomic E-state index is 12.8. The Morgan fingerprint density at radius 2 is 2.00 bits per heavy atom. The molecule has 0 aliphatic carbocycles. The van der Waals surface area contributed by atoms with Gasteiger partial charge in [0.2, 0.25) is 0 Å². The van der Waals surface area contributed by atoms with Crippen LogP contribution < -0.4 is 10.6 Å². The molecule has 116 valence electrons. The predicted molar refractivity (Wildman–Crippen MR) is 87.1 cm³/mol. The Labute approximate surface area is 130 Å². The Morgan fingerprint density at radius 1 is 1.32 bits per heavy atom. The van der Waals surface area contributed by atoms with Crippen molar-refractivity contribution in [1.82, 2.24) is 14.7 Å². The molecule has 1 amide bonds. The zero-order valence-corrected chi connectivity index (χ0v) is 13.2. The van der Waals surface area contributed by atoms with Crippen molar-refractivity contribution < 1.29 is 4.79 Å². The summed E-state index contributed by atoms with van der Waals surface area (Å²) >= 11 is 0. The number of amides is 1. The number of hydrogen-bond donors (Lipinski definition) is 1. The SMILES string of the molecule is Cc1ccc(N2CC(CN(C)C)n3ncc(N)c3C2=O)cc1. The van der Waals surface area contributed by atoms with Gasteiger partial charge < -0.3 is 15.5 Å². The third-order valence-corrected chi connectivity index (χ3v) is 3.93. The summed E-state index contributed by atoms with van der Waals surface area (Å²) in [6.45, 7) is 3.42. The molecule has 1 aromatic heterocycles. The first-order valence-corrected chi connectivity index (χ1v) is 7.33. The minimum Gasteiger partial charge on any atom is -0.396 e. The smallest absolute Gasteiger partial charge is 0.278 e. The molecule has 0 fully saturated rings. The van der Waals surface area contributed by atoms with Gasteiger partial charge >= 0.3 is 0 Å². The molecule has 6 heteroatoms. The molecule has 2 heterocycles. The molecule has 0 saturated heterocycles. The maximum Gasteiger partial charge on any atom is 0.278 e. The third-order valence-electron chi connectivity index (χ3n) is 3.93. The first kappa shape index (κ1) is 14.6. The Kier molecular flexibility index (Phi) is 3.62. The van der Waals surface area contributed by atoms with E-state index in [0.717, 1.165) is 12.2 Å². The fraction of sp³-hybridized carbons (Fsp3) is 0.375. The Morgan fingerprint density at radius 3 is 2.64 bits per heavy atom. The maximum absolute atomic E-state index is 12.8. The molecule has 22 heavy (non-hydrogen) atoms. The van der Waals surface area contributed by atoms with E-state index in [1.54, 1.807) is 15.8 Å². The number of nitrogens with zero attached hydrogens (tertiary/aromatic N) is 4. The van der Waals surface area contributed by atoms with Gasteiger partial charge in [-0.1, -0.05) is 17.7 Å². The van der Waals surface area contributed by atoms with Crippen LogP contribution in [0.1, 0.15) is 22.1 Å². The fourth-order valence-corrected chi connectivity index (χ4v) is 2.88. The van der Waals surface area contributed by atoms with E-state index in [1.807, 2.05) is 45.3 Å². The average Bonchev–Trinajstić information content (AvgIpc) is 2.85. The summed E-state index contributed by atoms with van der Waals surface area (Å²) in [5, 5.41) is 4.30. The highest BCUT2D eigenvalue weighted by Gasteiger charge is 2.34. The van der Waals surface area contributed by atoms with Crippen LogP contribution >= 0.6 is 0 Å². The molecule has 0 bridgehead atoms. The highest BCUT2D eigenvalue weighted by atomic mass is 16.2. The molecule has 1 atom stereocenters. The van der Waals surface area contributed by atoms with E-state index in [9.17, 15) is 4.79 Å². The van der Waals surface area contributed by atoms with E-state index < -0.39 is 0 Å². The molecule has 1 aromatic carbocycles. The van der Waals surface area contributed by atoms with Crippen molar-refractivity contribution in [1.29, 1.82) is 0 Å². The van der Waals surface area contributed by atoms with Crippen LogP contribution in [0.2, 0.25) is 0 Å². The highest BCUT2D eigenvalue weighted by molar-refractivity contribution is 6.08. The zero-order chi connectivity index (χ0) is 15.9. The topological polar surface area (TPSA) is 67.4 Å². The molecule has 3 rings (SSSR count). The summed E-state index contributed by atoms with van der Waals surface area (Å²) in [4.78, 5) is 16.7. The Hall–Kier alpha value is -2.34. The molecule has 0 radical (unpaired) electrons. The molecule has 0 spiro atoms. The van der Waals surface area contributed by atoms with Gasteiger partial charge in [-0.15, -0.1) is 0 Å². The van der Waals surface area contributed by atoms with Crippen molar-refractivity contribution in [3.8, 4) is 0 Å². The van der Waals surface area contributed by atoms with Gasteiger partial charge in [0.05, 0.1) is 24.5 Å². The summed E-state index contributed by atoms with van der Waals surface area (Å²) in [7, 11) is 4.03. The number of carbonyl (C=O) groups is 1. The standard InChI is InChI=1S/C16H21N5O/c1-11-4-6-12(7-5-11)20-10-13(9-19(2)3)21-15(16(20)22)14(17)8-18-21/h4-8,13H,9-10,17H2,1-3H3. The third kappa shape index (κ3) is 2.46. The van der Waals surface area contributed by atoms with Gasteiger partial charge in [-0.05, 0) is 33.2 Å². The number of rotatable bonds is 3. The zero-order valence-electron chi connectivity index (χ0n) is 13.2.